The van der Waals surface area contributed by atoms with E-state index in [1.54, 1.807) is 66.7 Å². The topological polar surface area (TPSA) is 84.7 Å². The van der Waals surface area contributed by atoms with E-state index < -0.39 is 5.97 Å². The Morgan fingerprint density at radius 1 is 1.19 bits per heavy atom. The number of benzene rings is 1. The standard InChI is InChI=1S/C23H21N3O4S/c1-2-29-22(28)18-7-9-19(10-8-18)26(16-17-5-3-13-24-15-17)23(31)25-21(27)12-11-20-6-4-14-30-20/h3-15H,2,16H2,1H3,(H,25,27,31)/b12-11+. The monoisotopic (exact) mass is 435 g/mol. The van der Waals surface area contributed by atoms with Gasteiger partial charge in [0.05, 0.1) is 25.0 Å². The highest BCUT2D eigenvalue weighted by molar-refractivity contribution is 7.80. The largest absolute Gasteiger partial charge is 0.465 e. The van der Waals surface area contributed by atoms with E-state index in [1.165, 1.54) is 12.3 Å². The number of esters is 1. The lowest BCUT2D eigenvalue weighted by atomic mass is 10.2. The first-order valence-corrected chi connectivity index (χ1v) is 9.98. The average molecular weight is 436 g/mol. The molecular formula is C23H21N3O4S. The number of anilines is 1. The van der Waals surface area contributed by atoms with Crippen molar-refractivity contribution in [2.24, 2.45) is 0 Å². The molecule has 0 radical (unpaired) electrons. The Morgan fingerprint density at radius 3 is 2.65 bits per heavy atom. The number of carbonyl (C=O) groups is 2. The van der Waals surface area contributed by atoms with Crippen LogP contribution in [-0.4, -0.2) is 28.6 Å². The van der Waals surface area contributed by atoms with Crippen molar-refractivity contribution >= 4 is 41.0 Å². The second-order valence-electron chi connectivity index (χ2n) is 6.36. The molecule has 0 bridgehead atoms. The van der Waals surface area contributed by atoms with E-state index in [-0.39, 0.29) is 11.0 Å². The first-order chi connectivity index (χ1) is 15.1. The molecule has 7 nitrogen and oxygen atoms in total. The number of ether oxygens (including phenoxy) is 1. The molecule has 2 heterocycles. The van der Waals surface area contributed by atoms with Crippen molar-refractivity contribution in [1.82, 2.24) is 10.3 Å². The summed E-state index contributed by atoms with van der Waals surface area (Å²) in [7, 11) is 0. The van der Waals surface area contributed by atoms with Gasteiger partial charge < -0.3 is 14.1 Å². The van der Waals surface area contributed by atoms with Crippen molar-refractivity contribution in [2.75, 3.05) is 11.5 Å². The van der Waals surface area contributed by atoms with Gasteiger partial charge >= 0.3 is 5.97 Å². The fraction of sp³-hybridized carbons (Fsp3) is 0.130. The third kappa shape index (κ3) is 6.35. The number of aromatic nitrogens is 1. The van der Waals surface area contributed by atoms with E-state index in [2.05, 4.69) is 10.3 Å². The van der Waals surface area contributed by atoms with Crippen LogP contribution in [0.1, 0.15) is 28.6 Å². The van der Waals surface area contributed by atoms with Gasteiger partial charge in [-0.15, -0.1) is 0 Å². The van der Waals surface area contributed by atoms with Crippen LogP contribution < -0.4 is 10.2 Å². The quantitative estimate of drug-likeness (QED) is 0.341. The maximum atomic E-state index is 12.3. The molecule has 1 aromatic carbocycles. The summed E-state index contributed by atoms with van der Waals surface area (Å²) in [5.74, 6) is -0.227. The molecule has 0 fully saturated rings. The molecule has 0 unspecified atom stereocenters. The Labute approximate surface area is 185 Å². The second-order valence-corrected chi connectivity index (χ2v) is 6.74. The first kappa shape index (κ1) is 21.9. The van der Waals surface area contributed by atoms with Crippen molar-refractivity contribution in [2.45, 2.75) is 13.5 Å². The van der Waals surface area contributed by atoms with Crippen LogP contribution in [0.5, 0.6) is 0 Å². The minimum absolute atomic E-state index is 0.210. The van der Waals surface area contributed by atoms with Crippen LogP contribution in [-0.2, 0) is 16.1 Å². The van der Waals surface area contributed by atoms with E-state index in [0.717, 1.165) is 5.56 Å². The molecule has 158 valence electrons. The van der Waals surface area contributed by atoms with Gasteiger partial charge in [0.15, 0.2) is 5.11 Å². The average Bonchev–Trinajstić information content (AvgIpc) is 3.31. The molecule has 0 aliphatic carbocycles. The molecule has 0 saturated heterocycles. The number of carbonyl (C=O) groups excluding carboxylic acids is 2. The number of nitrogens with zero attached hydrogens (tertiary/aromatic N) is 2. The van der Waals surface area contributed by atoms with Crippen molar-refractivity contribution in [1.29, 1.82) is 0 Å². The lowest BCUT2D eigenvalue weighted by Crippen LogP contribution is -2.42. The maximum absolute atomic E-state index is 12.3. The molecule has 3 aromatic rings. The zero-order valence-corrected chi connectivity index (χ0v) is 17.7. The molecule has 31 heavy (non-hydrogen) atoms. The Kier molecular flexibility index (Phi) is 7.67. The van der Waals surface area contributed by atoms with Gasteiger partial charge in [0, 0.05) is 24.2 Å². The predicted octanol–water partition coefficient (Wildman–Crippen LogP) is 3.97. The molecular weight excluding hydrogens is 414 g/mol. The van der Waals surface area contributed by atoms with E-state index >= 15 is 0 Å². The number of rotatable bonds is 7. The molecule has 8 heteroatoms. The first-order valence-electron chi connectivity index (χ1n) is 9.57. The van der Waals surface area contributed by atoms with E-state index in [9.17, 15) is 9.59 Å². The number of hydrogen-bond acceptors (Lipinski definition) is 6. The predicted molar refractivity (Wildman–Crippen MR) is 121 cm³/mol. The summed E-state index contributed by atoms with van der Waals surface area (Å²) in [5, 5.41) is 2.91. The molecule has 0 aliphatic heterocycles. The van der Waals surface area contributed by atoms with Gasteiger partial charge in [-0.05, 0) is 73.2 Å². The Morgan fingerprint density at radius 2 is 2.00 bits per heavy atom. The lowest BCUT2D eigenvalue weighted by molar-refractivity contribution is -0.115. The van der Waals surface area contributed by atoms with E-state index in [0.29, 0.717) is 30.2 Å². The summed E-state index contributed by atoms with van der Waals surface area (Å²) in [6.45, 7) is 2.44. The summed E-state index contributed by atoms with van der Waals surface area (Å²) in [6, 6.07) is 14.0. The summed E-state index contributed by atoms with van der Waals surface area (Å²) in [6.07, 6.45) is 7.83. The maximum Gasteiger partial charge on any atom is 0.338 e. The second kappa shape index (κ2) is 10.8. The van der Waals surface area contributed by atoms with Gasteiger partial charge in [-0.3, -0.25) is 15.1 Å². The fourth-order valence-corrected chi connectivity index (χ4v) is 2.98. The zero-order valence-electron chi connectivity index (χ0n) is 16.9. The van der Waals surface area contributed by atoms with Crippen LogP contribution in [0.15, 0.2) is 77.7 Å². The zero-order chi connectivity index (χ0) is 22.1. The van der Waals surface area contributed by atoms with E-state index in [4.69, 9.17) is 21.4 Å². The molecule has 0 saturated carbocycles. The van der Waals surface area contributed by atoms with Gasteiger partial charge in [-0.25, -0.2) is 4.79 Å². The Bertz CT molecular complexity index is 1050. The minimum atomic E-state index is -0.396. The molecule has 1 N–H and O–H groups in total. The highest BCUT2D eigenvalue weighted by atomic mass is 32.1. The summed E-state index contributed by atoms with van der Waals surface area (Å²) >= 11 is 5.50. The number of pyridine rings is 1. The van der Waals surface area contributed by atoms with Crippen LogP contribution in [0.25, 0.3) is 6.08 Å². The number of nitrogens with one attached hydrogen (secondary N) is 1. The fourth-order valence-electron chi connectivity index (χ4n) is 2.70. The minimum Gasteiger partial charge on any atom is -0.465 e. The number of thiocarbonyl (C=S) groups is 1. The molecule has 2 aromatic heterocycles. The summed E-state index contributed by atoms with van der Waals surface area (Å²) in [4.78, 5) is 30.1. The van der Waals surface area contributed by atoms with Crippen LogP contribution in [0.3, 0.4) is 0 Å². The SMILES string of the molecule is CCOC(=O)c1ccc(N(Cc2cccnc2)C(=S)NC(=O)/C=C/c2ccco2)cc1. The van der Waals surface area contributed by atoms with Gasteiger partial charge in [-0.2, -0.15) is 0 Å². The van der Waals surface area contributed by atoms with Crippen LogP contribution in [0.2, 0.25) is 0 Å². The third-order valence-electron chi connectivity index (χ3n) is 4.17. The van der Waals surface area contributed by atoms with E-state index in [1.807, 2.05) is 12.1 Å². The van der Waals surface area contributed by atoms with Gasteiger partial charge in [0.25, 0.3) is 0 Å². The van der Waals surface area contributed by atoms with Crippen LogP contribution in [0.4, 0.5) is 5.69 Å². The number of hydrogen-bond donors (Lipinski definition) is 1. The highest BCUT2D eigenvalue weighted by Crippen LogP contribution is 2.19. The molecule has 3 rings (SSSR count). The number of furan rings is 1. The van der Waals surface area contributed by atoms with Crippen molar-refractivity contribution in [3.63, 3.8) is 0 Å². The lowest BCUT2D eigenvalue weighted by Gasteiger charge is -2.25. The van der Waals surface area contributed by atoms with Crippen molar-refractivity contribution < 1.29 is 18.7 Å². The Balaban J connectivity index is 1.78. The van der Waals surface area contributed by atoms with Gasteiger partial charge in [0.1, 0.15) is 5.76 Å². The molecule has 1 amide bonds. The highest BCUT2D eigenvalue weighted by Gasteiger charge is 2.16. The van der Waals surface area contributed by atoms with Crippen molar-refractivity contribution in [3.05, 3.63) is 90.2 Å². The third-order valence-corrected chi connectivity index (χ3v) is 4.49. The molecule has 0 spiro atoms. The van der Waals surface area contributed by atoms with Crippen molar-refractivity contribution in [3.8, 4) is 0 Å². The van der Waals surface area contributed by atoms with Gasteiger partial charge in [-0.1, -0.05) is 6.07 Å². The van der Waals surface area contributed by atoms with Crippen LogP contribution in [0, 0.1) is 0 Å². The summed E-state index contributed by atoms with van der Waals surface area (Å²) in [5.41, 5.74) is 2.04. The van der Waals surface area contributed by atoms with Gasteiger partial charge in [0.2, 0.25) is 5.91 Å². The summed E-state index contributed by atoms with van der Waals surface area (Å²) < 4.78 is 10.2. The normalized spacial score (nSPS) is 10.6. The molecule has 0 atom stereocenters. The molecule has 0 aliphatic rings. The smallest absolute Gasteiger partial charge is 0.338 e. The number of amides is 1. The van der Waals surface area contributed by atoms with Crippen LogP contribution >= 0.6 is 12.2 Å². The Hall–Kier alpha value is -3.78.